The van der Waals surface area contributed by atoms with Crippen molar-refractivity contribution >= 4 is 11.7 Å². The molecule has 0 N–H and O–H groups in total. The van der Waals surface area contributed by atoms with Crippen LogP contribution in [0.25, 0.3) is 0 Å². The standard InChI is InChI=1S/C21H22F2N2O2/c22-18-8-5-17(6-9-18)20(26)15-24-11-13-25(14-12-24)21(27)10-7-16-3-1-2-4-19(16)23/h1-6,8-9H,7,10-15H2. The van der Waals surface area contributed by atoms with E-state index in [2.05, 4.69) is 0 Å². The largest absolute Gasteiger partial charge is 0.340 e. The summed E-state index contributed by atoms with van der Waals surface area (Å²) in [5.74, 6) is -0.708. The van der Waals surface area contributed by atoms with Gasteiger partial charge in [0.2, 0.25) is 5.91 Å². The first-order chi connectivity index (χ1) is 13.0. The van der Waals surface area contributed by atoms with Crippen molar-refractivity contribution in [3.8, 4) is 0 Å². The second-order valence-corrected chi connectivity index (χ2v) is 6.68. The molecule has 0 aromatic heterocycles. The molecule has 27 heavy (non-hydrogen) atoms. The van der Waals surface area contributed by atoms with Crippen LogP contribution in [0.4, 0.5) is 8.78 Å². The number of aryl methyl sites for hydroxylation is 1. The number of amides is 1. The smallest absolute Gasteiger partial charge is 0.222 e. The summed E-state index contributed by atoms with van der Waals surface area (Å²) in [4.78, 5) is 28.4. The van der Waals surface area contributed by atoms with E-state index < -0.39 is 0 Å². The molecule has 0 unspecified atom stereocenters. The van der Waals surface area contributed by atoms with Gasteiger partial charge >= 0.3 is 0 Å². The van der Waals surface area contributed by atoms with Crippen molar-refractivity contribution in [2.45, 2.75) is 12.8 Å². The summed E-state index contributed by atoms with van der Waals surface area (Å²) < 4.78 is 26.6. The topological polar surface area (TPSA) is 40.6 Å². The van der Waals surface area contributed by atoms with Gasteiger partial charge in [-0.2, -0.15) is 0 Å². The highest BCUT2D eigenvalue weighted by molar-refractivity contribution is 5.97. The number of hydrogen-bond donors (Lipinski definition) is 0. The molecule has 0 saturated carbocycles. The quantitative estimate of drug-likeness (QED) is 0.732. The first-order valence-electron chi connectivity index (χ1n) is 9.05. The Bertz CT molecular complexity index is 800. The average Bonchev–Trinajstić information content (AvgIpc) is 2.68. The number of ketones is 1. The summed E-state index contributed by atoms with van der Waals surface area (Å²) >= 11 is 0. The fourth-order valence-corrected chi connectivity index (χ4v) is 3.19. The van der Waals surface area contributed by atoms with Crippen molar-refractivity contribution in [2.75, 3.05) is 32.7 Å². The van der Waals surface area contributed by atoms with Gasteiger partial charge in [-0.1, -0.05) is 18.2 Å². The predicted molar refractivity (Wildman–Crippen MR) is 98.5 cm³/mol. The van der Waals surface area contributed by atoms with Crippen LogP contribution in [-0.4, -0.2) is 54.2 Å². The Morgan fingerprint density at radius 1 is 0.889 bits per heavy atom. The summed E-state index contributed by atoms with van der Waals surface area (Å²) in [6, 6.07) is 12.0. The highest BCUT2D eigenvalue weighted by Crippen LogP contribution is 2.12. The molecule has 3 rings (SSSR count). The molecule has 4 nitrogen and oxygen atoms in total. The van der Waals surface area contributed by atoms with Crippen LogP contribution in [-0.2, 0) is 11.2 Å². The molecule has 6 heteroatoms. The summed E-state index contributed by atoms with van der Waals surface area (Å²) in [7, 11) is 0. The maximum Gasteiger partial charge on any atom is 0.222 e. The van der Waals surface area contributed by atoms with Gasteiger partial charge < -0.3 is 4.90 Å². The van der Waals surface area contributed by atoms with Crippen LogP contribution in [0.2, 0.25) is 0 Å². The van der Waals surface area contributed by atoms with Gasteiger partial charge in [-0.25, -0.2) is 8.78 Å². The lowest BCUT2D eigenvalue weighted by Crippen LogP contribution is -2.50. The third kappa shape index (κ3) is 5.20. The molecular formula is C21H22F2N2O2. The Labute approximate surface area is 157 Å². The molecule has 1 heterocycles. The third-order valence-corrected chi connectivity index (χ3v) is 4.82. The van der Waals surface area contributed by atoms with Crippen molar-refractivity contribution in [3.05, 3.63) is 71.3 Å². The molecular weight excluding hydrogens is 350 g/mol. The number of carbonyl (C=O) groups is 2. The molecule has 0 aliphatic carbocycles. The van der Waals surface area contributed by atoms with Crippen LogP contribution in [0.15, 0.2) is 48.5 Å². The highest BCUT2D eigenvalue weighted by atomic mass is 19.1. The summed E-state index contributed by atoms with van der Waals surface area (Å²) in [5, 5.41) is 0. The van der Waals surface area contributed by atoms with Gasteiger partial charge in [-0.15, -0.1) is 0 Å². The first-order valence-corrected chi connectivity index (χ1v) is 9.05. The Kier molecular flexibility index (Phi) is 6.29. The van der Waals surface area contributed by atoms with E-state index in [4.69, 9.17) is 0 Å². The van der Waals surface area contributed by atoms with Crippen molar-refractivity contribution in [2.24, 2.45) is 0 Å². The van der Waals surface area contributed by atoms with Crippen LogP contribution in [0.3, 0.4) is 0 Å². The fraction of sp³-hybridized carbons (Fsp3) is 0.333. The molecule has 1 amide bonds. The zero-order chi connectivity index (χ0) is 19.2. The van der Waals surface area contributed by atoms with Crippen LogP contribution >= 0.6 is 0 Å². The van der Waals surface area contributed by atoms with Gasteiger partial charge in [-0.3, -0.25) is 14.5 Å². The molecule has 1 aliphatic heterocycles. The van der Waals surface area contributed by atoms with E-state index >= 15 is 0 Å². The van der Waals surface area contributed by atoms with Gasteiger partial charge in [0.25, 0.3) is 0 Å². The molecule has 1 fully saturated rings. The van der Waals surface area contributed by atoms with E-state index in [0.29, 0.717) is 43.7 Å². The number of rotatable bonds is 6. The number of benzene rings is 2. The average molecular weight is 372 g/mol. The second-order valence-electron chi connectivity index (χ2n) is 6.68. The Hall–Kier alpha value is -2.60. The van der Waals surface area contributed by atoms with E-state index in [1.807, 2.05) is 4.90 Å². The molecule has 1 saturated heterocycles. The zero-order valence-corrected chi connectivity index (χ0v) is 15.0. The van der Waals surface area contributed by atoms with Crippen molar-refractivity contribution < 1.29 is 18.4 Å². The number of Topliss-reactive ketones (excluding diaryl/α,β-unsaturated/α-hetero) is 1. The first kappa shape index (κ1) is 19.2. The molecule has 0 spiro atoms. The maximum absolute atomic E-state index is 13.6. The highest BCUT2D eigenvalue weighted by Gasteiger charge is 2.22. The SMILES string of the molecule is O=C(CN1CCN(C(=O)CCc2ccccc2F)CC1)c1ccc(F)cc1. The fourth-order valence-electron chi connectivity index (χ4n) is 3.19. The monoisotopic (exact) mass is 372 g/mol. The number of halogens is 2. The minimum Gasteiger partial charge on any atom is -0.340 e. The van der Waals surface area contributed by atoms with Crippen LogP contribution in [0.1, 0.15) is 22.3 Å². The number of hydrogen-bond acceptors (Lipinski definition) is 3. The normalized spacial score (nSPS) is 15.0. The molecule has 0 atom stereocenters. The van der Waals surface area contributed by atoms with Crippen LogP contribution < -0.4 is 0 Å². The van der Waals surface area contributed by atoms with Crippen molar-refractivity contribution in [3.63, 3.8) is 0 Å². The molecule has 2 aromatic carbocycles. The van der Waals surface area contributed by atoms with Crippen LogP contribution in [0.5, 0.6) is 0 Å². The number of nitrogens with zero attached hydrogens (tertiary/aromatic N) is 2. The Balaban J connectivity index is 1.44. The lowest BCUT2D eigenvalue weighted by atomic mass is 10.1. The summed E-state index contributed by atoms with van der Waals surface area (Å²) in [6.45, 7) is 2.57. The molecule has 0 bridgehead atoms. The summed E-state index contributed by atoms with van der Waals surface area (Å²) in [6.07, 6.45) is 0.657. The zero-order valence-electron chi connectivity index (χ0n) is 15.0. The van der Waals surface area contributed by atoms with Gasteiger partial charge in [0, 0.05) is 38.2 Å². The van der Waals surface area contributed by atoms with Crippen molar-refractivity contribution in [1.29, 1.82) is 0 Å². The van der Waals surface area contributed by atoms with Crippen molar-refractivity contribution in [1.82, 2.24) is 9.80 Å². The third-order valence-electron chi connectivity index (χ3n) is 4.82. The van der Waals surface area contributed by atoms with Gasteiger partial charge in [0.1, 0.15) is 11.6 Å². The lowest BCUT2D eigenvalue weighted by Gasteiger charge is -2.34. The molecule has 2 aromatic rings. The van der Waals surface area contributed by atoms with Gasteiger partial charge in [0.05, 0.1) is 6.54 Å². The minimum atomic E-state index is -0.367. The Morgan fingerprint density at radius 2 is 1.56 bits per heavy atom. The number of piperazine rings is 1. The Morgan fingerprint density at radius 3 is 2.22 bits per heavy atom. The van der Waals surface area contributed by atoms with Gasteiger partial charge in [0.15, 0.2) is 5.78 Å². The number of carbonyl (C=O) groups excluding carboxylic acids is 2. The molecule has 0 radical (unpaired) electrons. The predicted octanol–water partition coefficient (Wildman–Crippen LogP) is 2.92. The second kappa shape index (κ2) is 8.86. The maximum atomic E-state index is 13.6. The molecule has 1 aliphatic rings. The van der Waals surface area contributed by atoms with E-state index in [-0.39, 0.29) is 36.3 Å². The van der Waals surface area contributed by atoms with E-state index in [1.165, 1.54) is 30.3 Å². The molecule has 142 valence electrons. The lowest BCUT2D eigenvalue weighted by molar-refractivity contribution is -0.132. The van der Waals surface area contributed by atoms with E-state index in [9.17, 15) is 18.4 Å². The van der Waals surface area contributed by atoms with E-state index in [0.717, 1.165) is 0 Å². The van der Waals surface area contributed by atoms with Gasteiger partial charge in [-0.05, 0) is 42.3 Å². The van der Waals surface area contributed by atoms with Crippen LogP contribution in [0, 0.1) is 11.6 Å². The summed E-state index contributed by atoms with van der Waals surface area (Å²) in [5.41, 5.74) is 1.04. The minimum absolute atomic E-state index is 0.00256. The van der Waals surface area contributed by atoms with E-state index in [1.54, 1.807) is 23.1 Å².